The maximum Gasteiger partial charge on any atom is 0.335 e. The van der Waals surface area contributed by atoms with Gasteiger partial charge < -0.3 is 9.47 Å². The van der Waals surface area contributed by atoms with Gasteiger partial charge in [-0.3, -0.25) is 0 Å². The topological polar surface area (TPSA) is 35.5 Å². The van der Waals surface area contributed by atoms with Crippen molar-refractivity contribution in [2.24, 2.45) is 0 Å². The molecular weight excluding hydrogens is 182 g/mol. The van der Waals surface area contributed by atoms with E-state index < -0.39 is 24.4 Å². The SMILES string of the molecule is CCOC(=O)C1CC(F)(F)CCO1. The summed E-state index contributed by atoms with van der Waals surface area (Å²) in [6, 6.07) is 0. The van der Waals surface area contributed by atoms with Crippen LogP contribution in [-0.2, 0) is 14.3 Å². The van der Waals surface area contributed by atoms with Gasteiger partial charge in [0.15, 0.2) is 6.10 Å². The number of hydrogen-bond donors (Lipinski definition) is 0. The van der Waals surface area contributed by atoms with Crippen LogP contribution in [-0.4, -0.2) is 31.2 Å². The third-order valence-corrected chi connectivity index (χ3v) is 1.82. The molecule has 1 unspecified atom stereocenters. The fourth-order valence-electron chi connectivity index (χ4n) is 1.17. The van der Waals surface area contributed by atoms with E-state index in [-0.39, 0.29) is 19.6 Å². The first-order valence-electron chi connectivity index (χ1n) is 4.21. The fraction of sp³-hybridized carbons (Fsp3) is 0.875. The van der Waals surface area contributed by atoms with E-state index >= 15 is 0 Å². The minimum atomic E-state index is -2.80. The van der Waals surface area contributed by atoms with Gasteiger partial charge in [-0.15, -0.1) is 0 Å². The Balaban J connectivity index is 2.47. The van der Waals surface area contributed by atoms with Crippen molar-refractivity contribution in [2.75, 3.05) is 13.2 Å². The lowest BCUT2D eigenvalue weighted by molar-refractivity contribution is -0.176. The number of rotatable bonds is 2. The molecule has 1 saturated heterocycles. The van der Waals surface area contributed by atoms with Gasteiger partial charge in [0.05, 0.1) is 13.2 Å². The number of carbonyl (C=O) groups is 1. The molecule has 0 radical (unpaired) electrons. The van der Waals surface area contributed by atoms with E-state index in [0.717, 1.165) is 0 Å². The van der Waals surface area contributed by atoms with Gasteiger partial charge in [-0.1, -0.05) is 0 Å². The lowest BCUT2D eigenvalue weighted by Crippen LogP contribution is -2.39. The van der Waals surface area contributed by atoms with Gasteiger partial charge in [0.1, 0.15) is 0 Å². The van der Waals surface area contributed by atoms with Gasteiger partial charge in [-0.25, -0.2) is 13.6 Å². The molecular formula is C8H12F2O3. The van der Waals surface area contributed by atoms with Crippen molar-refractivity contribution in [3.05, 3.63) is 0 Å². The Morgan fingerprint density at radius 1 is 1.69 bits per heavy atom. The molecule has 0 aromatic rings. The molecule has 0 amide bonds. The number of esters is 1. The predicted molar refractivity (Wildman–Crippen MR) is 40.6 cm³/mol. The van der Waals surface area contributed by atoms with Crippen LogP contribution in [0.5, 0.6) is 0 Å². The summed E-state index contributed by atoms with van der Waals surface area (Å²) in [7, 11) is 0. The molecule has 0 saturated carbocycles. The van der Waals surface area contributed by atoms with E-state index in [0.29, 0.717) is 0 Å². The number of halogens is 2. The maximum atomic E-state index is 12.8. The number of carbonyl (C=O) groups excluding carboxylic acids is 1. The highest BCUT2D eigenvalue weighted by atomic mass is 19.3. The zero-order chi connectivity index (χ0) is 9.90. The molecule has 1 heterocycles. The van der Waals surface area contributed by atoms with Crippen LogP contribution in [0, 0.1) is 0 Å². The first-order valence-corrected chi connectivity index (χ1v) is 4.21. The molecule has 0 aromatic carbocycles. The van der Waals surface area contributed by atoms with Crippen LogP contribution in [0.1, 0.15) is 19.8 Å². The quantitative estimate of drug-likeness (QED) is 0.623. The zero-order valence-electron chi connectivity index (χ0n) is 7.39. The van der Waals surface area contributed by atoms with Crippen LogP contribution in [0.25, 0.3) is 0 Å². The molecule has 5 heteroatoms. The summed E-state index contributed by atoms with van der Waals surface area (Å²) in [6.07, 6.45) is -1.97. The van der Waals surface area contributed by atoms with Crippen molar-refractivity contribution in [1.29, 1.82) is 0 Å². The molecule has 76 valence electrons. The summed E-state index contributed by atoms with van der Waals surface area (Å²) < 4.78 is 35.0. The minimum Gasteiger partial charge on any atom is -0.464 e. The summed E-state index contributed by atoms with van der Waals surface area (Å²) in [5, 5.41) is 0. The van der Waals surface area contributed by atoms with Gasteiger partial charge in [0.2, 0.25) is 0 Å². The first kappa shape index (κ1) is 10.4. The Bertz CT molecular complexity index is 194. The van der Waals surface area contributed by atoms with Gasteiger partial charge in [-0.2, -0.15) is 0 Å². The Hall–Kier alpha value is -0.710. The van der Waals surface area contributed by atoms with Crippen LogP contribution >= 0.6 is 0 Å². The smallest absolute Gasteiger partial charge is 0.335 e. The standard InChI is InChI=1S/C8H12F2O3/c1-2-12-7(11)6-5-8(9,10)3-4-13-6/h6H,2-5H2,1H3. The predicted octanol–water partition coefficient (Wildman–Crippen LogP) is 1.36. The second-order valence-electron chi connectivity index (χ2n) is 2.92. The number of alkyl halides is 2. The molecule has 3 nitrogen and oxygen atoms in total. The molecule has 0 bridgehead atoms. The monoisotopic (exact) mass is 194 g/mol. The third kappa shape index (κ3) is 2.91. The molecule has 1 fully saturated rings. The van der Waals surface area contributed by atoms with E-state index in [1.54, 1.807) is 6.92 Å². The summed E-state index contributed by atoms with van der Waals surface area (Å²) in [5.41, 5.74) is 0. The van der Waals surface area contributed by atoms with Crippen molar-refractivity contribution in [3.8, 4) is 0 Å². The van der Waals surface area contributed by atoms with E-state index in [2.05, 4.69) is 4.74 Å². The molecule has 1 aliphatic heterocycles. The van der Waals surface area contributed by atoms with Crippen molar-refractivity contribution in [3.63, 3.8) is 0 Å². The average Bonchev–Trinajstić information content (AvgIpc) is 2.03. The summed E-state index contributed by atoms with van der Waals surface area (Å²) in [5.74, 6) is -3.49. The second-order valence-corrected chi connectivity index (χ2v) is 2.92. The van der Waals surface area contributed by atoms with Gasteiger partial charge in [0, 0.05) is 12.8 Å². The second kappa shape index (κ2) is 4.00. The highest BCUT2D eigenvalue weighted by Gasteiger charge is 2.40. The van der Waals surface area contributed by atoms with Crippen LogP contribution in [0.4, 0.5) is 8.78 Å². The van der Waals surface area contributed by atoms with Gasteiger partial charge in [0.25, 0.3) is 5.92 Å². The van der Waals surface area contributed by atoms with Crippen molar-refractivity contribution >= 4 is 5.97 Å². The fourth-order valence-corrected chi connectivity index (χ4v) is 1.17. The Morgan fingerprint density at radius 3 is 2.92 bits per heavy atom. The van der Waals surface area contributed by atoms with Crippen molar-refractivity contribution in [1.82, 2.24) is 0 Å². The number of hydrogen-bond acceptors (Lipinski definition) is 3. The normalized spacial score (nSPS) is 26.8. The molecule has 0 aliphatic carbocycles. The molecule has 0 N–H and O–H groups in total. The van der Waals surface area contributed by atoms with Gasteiger partial charge in [-0.05, 0) is 6.92 Å². The van der Waals surface area contributed by atoms with Crippen molar-refractivity contribution < 1.29 is 23.0 Å². The molecule has 13 heavy (non-hydrogen) atoms. The summed E-state index contributed by atoms with van der Waals surface area (Å²) in [4.78, 5) is 11.0. The molecule has 0 spiro atoms. The zero-order valence-corrected chi connectivity index (χ0v) is 7.39. The lowest BCUT2D eigenvalue weighted by Gasteiger charge is -2.27. The lowest BCUT2D eigenvalue weighted by atomic mass is 10.1. The molecule has 1 rings (SSSR count). The largest absolute Gasteiger partial charge is 0.464 e. The van der Waals surface area contributed by atoms with Crippen LogP contribution in [0.15, 0.2) is 0 Å². The van der Waals surface area contributed by atoms with Crippen LogP contribution < -0.4 is 0 Å². The minimum absolute atomic E-state index is 0.0868. The van der Waals surface area contributed by atoms with E-state index in [1.165, 1.54) is 0 Å². The Morgan fingerprint density at radius 2 is 2.38 bits per heavy atom. The Kier molecular flexibility index (Phi) is 3.19. The number of ether oxygens (including phenoxy) is 2. The van der Waals surface area contributed by atoms with E-state index in [9.17, 15) is 13.6 Å². The maximum absolute atomic E-state index is 12.8. The first-order chi connectivity index (χ1) is 6.05. The van der Waals surface area contributed by atoms with Gasteiger partial charge >= 0.3 is 5.97 Å². The molecule has 0 aromatic heterocycles. The van der Waals surface area contributed by atoms with Crippen LogP contribution in [0.3, 0.4) is 0 Å². The summed E-state index contributed by atoms with van der Waals surface area (Å²) >= 11 is 0. The highest BCUT2D eigenvalue weighted by molar-refractivity contribution is 5.74. The average molecular weight is 194 g/mol. The van der Waals surface area contributed by atoms with E-state index in [1.807, 2.05) is 0 Å². The van der Waals surface area contributed by atoms with Crippen molar-refractivity contribution in [2.45, 2.75) is 31.8 Å². The van der Waals surface area contributed by atoms with Crippen LogP contribution in [0.2, 0.25) is 0 Å². The molecule has 1 atom stereocenters. The highest BCUT2D eigenvalue weighted by Crippen LogP contribution is 2.30. The summed E-state index contributed by atoms with van der Waals surface area (Å²) in [6.45, 7) is 1.72. The Labute approximate surface area is 75.0 Å². The molecule has 1 aliphatic rings. The van der Waals surface area contributed by atoms with E-state index in [4.69, 9.17) is 4.74 Å². The third-order valence-electron chi connectivity index (χ3n) is 1.82.